The molecule has 0 radical (unpaired) electrons. The van der Waals surface area contributed by atoms with Gasteiger partial charge in [0.1, 0.15) is 11.9 Å². The molecule has 33 heavy (non-hydrogen) atoms. The molecule has 2 amide bonds. The molecular weight excluding hydrogens is 425 g/mol. The van der Waals surface area contributed by atoms with E-state index in [1.165, 1.54) is 24.5 Å². The van der Waals surface area contributed by atoms with Gasteiger partial charge in [-0.3, -0.25) is 14.8 Å². The van der Waals surface area contributed by atoms with Crippen LogP contribution in [0.4, 0.5) is 4.39 Å². The summed E-state index contributed by atoms with van der Waals surface area (Å²) in [5.41, 5.74) is 5.58. The van der Waals surface area contributed by atoms with Gasteiger partial charge in [-0.15, -0.1) is 0 Å². The number of aliphatic hydroxyl groups excluding tert-OH is 1. The third kappa shape index (κ3) is 6.69. The van der Waals surface area contributed by atoms with Crippen molar-refractivity contribution in [2.75, 3.05) is 0 Å². The molecule has 5 N–H and O–H groups in total. The number of amides is 2. The maximum atomic E-state index is 13.2. The molecule has 0 unspecified atom stereocenters. The average Bonchev–Trinajstić information content (AvgIpc) is 2.82. The molecule has 0 saturated carbocycles. The van der Waals surface area contributed by atoms with Crippen LogP contribution in [0.5, 0.6) is 0 Å². The average molecular weight is 451 g/mol. The maximum absolute atomic E-state index is 13.2. The second-order valence-corrected chi connectivity index (χ2v) is 7.68. The Kier molecular flexibility index (Phi) is 8.26. The number of aliphatic hydroxyl groups is 1. The number of halogens is 1. The molecule has 0 saturated heterocycles. The second kappa shape index (κ2) is 11.3. The normalized spacial score (nSPS) is 12.6. The van der Waals surface area contributed by atoms with Crippen molar-refractivity contribution in [3.63, 3.8) is 0 Å². The van der Waals surface area contributed by atoms with Gasteiger partial charge in [0.2, 0.25) is 0 Å². The highest BCUT2D eigenvalue weighted by molar-refractivity contribution is 5.97. The summed E-state index contributed by atoms with van der Waals surface area (Å²) in [6.07, 6.45) is -1.18. The van der Waals surface area contributed by atoms with E-state index < -0.39 is 24.0 Å². The summed E-state index contributed by atoms with van der Waals surface area (Å²) in [7, 11) is 0. The lowest BCUT2D eigenvalue weighted by Gasteiger charge is -2.19. The number of carbonyl (C=O) groups is 2. The van der Waals surface area contributed by atoms with Crippen molar-refractivity contribution in [3.05, 3.63) is 95.3 Å². The Morgan fingerprint density at radius 1 is 0.909 bits per heavy atom. The van der Waals surface area contributed by atoms with Crippen LogP contribution in [0.15, 0.2) is 72.8 Å². The fourth-order valence-corrected chi connectivity index (χ4v) is 3.33. The highest BCUT2D eigenvalue weighted by atomic mass is 19.1. The second-order valence-electron chi connectivity index (χ2n) is 7.68. The molecule has 0 aliphatic rings. The predicted octanol–water partition coefficient (Wildman–Crippen LogP) is 2.77. The molecule has 7 nitrogen and oxygen atoms in total. The molecule has 3 aromatic carbocycles. The molecule has 0 fully saturated rings. The summed E-state index contributed by atoms with van der Waals surface area (Å²) in [5, 5.41) is 24.1. The number of rotatable bonds is 9. The predicted molar refractivity (Wildman–Crippen MR) is 122 cm³/mol. The first-order valence-electron chi connectivity index (χ1n) is 10.4. The lowest BCUT2D eigenvalue weighted by atomic mass is 10.0. The Morgan fingerprint density at radius 3 is 2.09 bits per heavy atom. The summed E-state index contributed by atoms with van der Waals surface area (Å²) in [6, 6.07) is 20.0. The van der Waals surface area contributed by atoms with Crippen LogP contribution in [0.1, 0.15) is 28.4 Å². The fraction of sp³-hybridized carbons (Fsp3) is 0.200. The minimum absolute atomic E-state index is 0.249. The molecule has 172 valence electrons. The molecule has 0 aromatic heterocycles. The van der Waals surface area contributed by atoms with Crippen LogP contribution >= 0.6 is 0 Å². The zero-order chi connectivity index (χ0) is 23.8. The highest BCUT2D eigenvalue weighted by Gasteiger charge is 2.25. The Labute approximate surface area is 191 Å². The third-order valence-electron chi connectivity index (χ3n) is 5.14. The Bertz CT molecular complexity index is 1090. The number of hydrogen-bond acceptors (Lipinski definition) is 5. The molecule has 0 aliphatic heterocycles. The van der Waals surface area contributed by atoms with Crippen molar-refractivity contribution in [1.82, 2.24) is 16.1 Å². The smallest absolute Gasteiger partial charge is 0.268 e. The maximum Gasteiger partial charge on any atom is 0.268 e. The van der Waals surface area contributed by atoms with Gasteiger partial charge in [0.05, 0.1) is 6.10 Å². The van der Waals surface area contributed by atoms with Gasteiger partial charge in [-0.25, -0.2) is 9.87 Å². The van der Waals surface area contributed by atoms with E-state index in [2.05, 4.69) is 10.6 Å². The third-order valence-corrected chi connectivity index (χ3v) is 5.14. The summed E-state index contributed by atoms with van der Waals surface area (Å²) in [5.74, 6) is -1.70. The SMILES string of the molecule is C[C@@H](O)[C@H](NC(=O)c1ccc(-c2ccc(CNCc3cccc(F)c3)cc2)cc1)C(=O)NO. The first-order chi connectivity index (χ1) is 15.9. The number of hydroxylamine groups is 1. The van der Waals surface area contributed by atoms with E-state index in [1.807, 2.05) is 30.3 Å². The Morgan fingerprint density at radius 2 is 1.52 bits per heavy atom. The van der Waals surface area contributed by atoms with E-state index in [9.17, 15) is 19.1 Å². The minimum Gasteiger partial charge on any atom is -0.391 e. The van der Waals surface area contributed by atoms with Gasteiger partial charge in [-0.1, -0.05) is 48.5 Å². The van der Waals surface area contributed by atoms with Gasteiger partial charge in [0.15, 0.2) is 0 Å². The molecule has 0 heterocycles. The van der Waals surface area contributed by atoms with E-state index in [1.54, 1.807) is 30.3 Å². The van der Waals surface area contributed by atoms with Crippen LogP contribution in [0.2, 0.25) is 0 Å². The van der Waals surface area contributed by atoms with Crippen molar-refractivity contribution in [3.8, 4) is 11.1 Å². The Balaban J connectivity index is 1.57. The van der Waals surface area contributed by atoms with E-state index in [4.69, 9.17) is 5.21 Å². The zero-order valence-corrected chi connectivity index (χ0v) is 18.1. The lowest BCUT2D eigenvalue weighted by Crippen LogP contribution is -2.51. The van der Waals surface area contributed by atoms with Gasteiger partial charge >= 0.3 is 0 Å². The van der Waals surface area contributed by atoms with Crippen LogP contribution in [-0.4, -0.2) is 34.3 Å². The van der Waals surface area contributed by atoms with Crippen molar-refractivity contribution >= 4 is 11.8 Å². The lowest BCUT2D eigenvalue weighted by molar-refractivity contribution is -0.133. The Hall–Kier alpha value is -3.59. The topological polar surface area (TPSA) is 111 Å². The van der Waals surface area contributed by atoms with E-state index in [0.717, 1.165) is 22.3 Å². The number of carbonyl (C=O) groups excluding carboxylic acids is 2. The van der Waals surface area contributed by atoms with Gasteiger partial charge in [0.25, 0.3) is 11.8 Å². The van der Waals surface area contributed by atoms with Gasteiger partial charge in [-0.2, -0.15) is 0 Å². The van der Waals surface area contributed by atoms with Crippen molar-refractivity contribution in [2.24, 2.45) is 0 Å². The molecule has 0 spiro atoms. The van der Waals surface area contributed by atoms with Crippen molar-refractivity contribution < 1.29 is 24.3 Å². The molecule has 8 heteroatoms. The zero-order valence-electron chi connectivity index (χ0n) is 18.1. The standard InChI is InChI=1S/C25H26FN3O4/c1-16(30)23(25(32)29-33)28-24(31)21-11-9-20(10-12-21)19-7-5-17(6-8-19)14-27-15-18-3-2-4-22(26)13-18/h2-13,16,23,27,30,33H,14-15H2,1H3,(H,28,31)(H,29,32)/t16-,23+/m1/s1. The monoisotopic (exact) mass is 451 g/mol. The van der Waals surface area contributed by atoms with E-state index in [0.29, 0.717) is 18.7 Å². The van der Waals surface area contributed by atoms with E-state index >= 15 is 0 Å². The first kappa shape index (κ1) is 24.1. The molecule has 0 aliphatic carbocycles. The summed E-state index contributed by atoms with van der Waals surface area (Å²) < 4.78 is 13.2. The largest absolute Gasteiger partial charge is 0.391 e. The minimum atomic E-state index is -1.27. The molecule has 0 bridgehead atoms. The van der Waals surface area contributed by atoms with Crippen LogP contribution in [0.25, 0.3) is 11.1 Å². The fourth-order valence-electron chi connectivity index (χ4n) is 3.33. The molecule has 3 aromatic rings. The van der Waals surface area contributed by atoms with Crippen molar-refractivity contribution in [1.29, 1.82) is 0 Å². The van der Waals surface area contributed by atoms with Gasteiger partial charge in [-0.05, 0) is 53.4 Å². The number of nitrogens with one attached hydrogen (secondary N) is 3. The number of hydrogen-bond donors (Lipinski definition) is 5. The highest BCUT2D eigenvalue weighted by Crippen LogP contribution is 2.20. The van der Waals surface area contributed by atoms with Crippen LogP contribution in [0.3, 0.4) is 0 Å². The summed E-state index contributed by atoms with van der Waals surface area (Å²) >= 11 is 0. The summed E-state index contributed by atoms with van der Waals surface area (Å²) in [6.45, 7) is 2.55. The van der Waals surface area contributed by atoms with Gasteiger partial charge < -0.3 is 15.7 Å². The quantitative estimate of drug-likeness (QED) is 0.254. The molecule has 3 rings (SSSR count). The van der Waals surface area contributed by atoms with Crippen LogP contribution in [-0.2, 0) is 17.9 Å². The van der Waals surface area contributed by atoms with Crippen molar-refractivity contribution in [2.45, 2.75) is 32.2 Å². The van der Waals surface area contributed by atoms with Crippen LogP contribution in [0, 0.1) is 5.82 Å². The van der Waals surface area contributed by atoms with E-state index in [-0.39, 0.29) is 5.82 Å². The molecule has 2 atom stereocenters. The first-order valence-corrected chi connectivity index (χ1v) is 10.4. The van der Waals surface area contributed by atoms with Crippen LogP contribution < -0.4 is 16.1 Å². The molecular formula is C25H26FN3O4. The summed E-state index contributed by atoms with van der Waals surface area (Å²) in [4.78, 5) is 24.0. The van der Waals surface area contributed by atoms with Gasteiger partial charge in [0, 0.05) is 18.7 Å². The number of benzene rings is 3.